The van der Waals surface area contributed by atoms with E-state index in [1.807, 2.05) is 31.2 Å². The Morgan fingerprint density at radius 3 is 2.62 bits per heavy atom. The number of esters is 1. The average molecular weight is 340 g/mol. The van der Waals surface area contributed by atoms with Crippen LogP contribution in [0.5, 0.6) is 0 Å². The first-order valence-electron chi connectivity index (χ1n) is 7.43. The molecule has 0 bridgehead atoms. The lowest BCUT2D eigenvalue weighted by Crippen LogP contribution is -2.25. The highest BCUT2D eigenvalue weighted by molar-refractivity contribution is 7.22. The summed E-state index contributed by atoms with van der Waals surface area (Å²) in [6.07, 6.45) is -1.00. The minimum absolute atomic E-state index is 0.424. The first-order chi connectivity index (χ1) is 11.5. The summed E-state index contributed by atoms with van der Waals surface area (Å²) in [5, 5.41) is 3.23. The van der Waals surface area contributed by atoms with Crippen molar-refractivity contribution in [2.75, 3.05) is 5.32 Å². The highest BCUT2D eigenvalue weighted by Gasteiger charge is 2.24. The molecule has 1 unspecified atom stereocenters. The van der Waals surface area contributed by atoms with Crippen LogP contribution in [0.25, 0.3) is 10.2 Å². The number of hydrogen-bond donors (Lipinski definition) is 1. The predicted molar refractivity (Wildman–Crippen MR) is 93.9 cm³/mol. The second kappa shape index (κ2) is 6.80. The summed E-state index contributed by atoms with van der Waals surface area (Å²) < 4.78 is 6.18. The number of rotatable bonds is 4. The molecule has 0 saturated heterocycles. The van der Waals surface area contributed by atoms with Gasteiger partial charge in [0.25, 0.3) is 5.91 Å². The van der Waals surface area contributed by atoms with E-state index < -0.39 is 18.0 Å². The third-order valence-corrected chi connectivity index (χ3v) is 4.33. The van der Waals surface area contributed by atoms with Crippen LogP contribution in [0.3, 0.4) is 0 Å². The Balaban J connectivity index is 1.85. The number of fused-ring (bicyclic) bond motifs is 1. The van der Waals surface area contributed by atoms with Gasteiger partial charge in [0.1, 0.15) is 0 Å². The summed E-state index contributed by atoms with van der Waals surface area (Å²) in [6, 6.07) is 14.8. The first-order valence-corrected chi connectivity index (χ1v) is 8.25. The van der Waals surface area contributed by atoms with Crippen LogP contribution in [-0.4, -0.2) is 16.9 Å². The summed E-state index contributed by atoms with van der Waals surface area (Å²) in [6.45, 7) is 3.28. The Labute approximate surface area is 143 Å². The van der Waals surface area contributed by atoms with Crippen molar-refractivity contribution in [1.29, 1.82) is 0 Å². The summed E-state index contributed by atoms with van der Waals surface area (Å²) in [5.41, 5.74) is 2.57. The molecule has 1 atom stereocenters. The normalized spacial score (nSPS) is 11.9. The van der Waals surface area contributed by atoms with Crippen LogP contribution >= 0.6 is 11.3 Å². The number of nitrogens with one attached hydrogen (secondary N) is 1. The van der Waals surface area contributed by atoms with E-state index in [-0.39, 0.29) is 0 Å². The molecule has 5 nitrogen and oxygen atoms in total. The Hall–Kier alpha value is -2.73. The monoisotopic (exact) mass is 340 g/mol. The van der Waals surface area contributed by atoms with Crippen LogP contribution in [0.4, 0.5) is 5.13 Å². The number of hydrogen-bond acceptors (Lipinski definition) is 5. The first kappa shape index (κ1) is 16.1. The Bertz CT molecular complexity index is 890. The Morgan fingerprint density at radius 2 is 1.92 bits per heavy atom. The van der Waals surface area contributed by atoms with Crippen LogP contribution in [0.2, 0.25) is 0 Å². The van der Waals surface area contributed by atoms with Crippen molar-refractivity contribution in [3.05, 3.63) is 59.7 Å². The number of carbonyl (C=O) groups excluding carboxylic acids is 2. The standard InChI is InChI=1S/C18H16N2O3S/c1-11-8-9-14-15(10-11)24-18(19-14)20-17(22)16(23-12(2)21)13-6-4-3-5-7-13/h3-10,16H,1-2H3,(H,19,20,22). The fourth-order valence-electron chi connectivity index (χ4n) is 2.32. The molecule has 3 aromatic rings. The molecule has 1 N–H and O–H groups in total. The van der Waals surface area contributed by atoms with Gasteiger partial charge >= 0.3 is 5.97 Å². The van der Waals surface area contributed by atoms with E-state index in [1.165, 1.54) is 18.3 Å². The molecule has 1 aromatic heterocycles. The van der Waals surface area contributed by atoms with Crippen LogP contribution in [0, 0.1) is 6.92 Å². The van der Waals surface area contributed by atoms with E-state index in [4.69, 9.17) is 4.74 Å². The number of aromatic nitrogens is 1. The van der Waals surface area contributed by atoms with Gasteiger partial charge in [-0.15, -0.1) is 0 Å². The topological polar surface area (TPSA) is 68.3 Å². The van der Waals surface area contributed by atoms with Crippen molar-refractivity contribution in [2.45, 2.75) is 20.0 Å². The lowest BCUT2D eigenvalue weighted by molar-refractivity contribution is -0.152. The minimum atomic E-state index is -1.00. The number of nitrogens with zero attached hydrogens (tertiary/aromatic N) is 1. The van der Waals surface area contributed by atoms with E-state index in [2.05, 4.69) is 10.3 Å². The molecule has 0 fully saturated rings. The largest absolute Gasteiger partial charge is 0.447 e. The molecule has 0 aliphatic carbocycles. The van der Waals surface area contributed by atoms with Crippen molar-refractivity contribution in [2.24, 2.45) is 0 Å². The fourth-order valence-corrected chi connectivity index (χ4v) is 3.29. The molecule has 0 aliphatic rings. The van der Waals surface area contributed by atoms with Crippen molar-refractivity contribution in [1.82, 2.24) is 4.98 Å². The zero-order valence-corrected chi connectivity index (χ0v) is 14.1. The predicted octanol–water partition coefficient (Wildman–Crippen LogP) is 3.85. The average Bonchev–Trinajstić information content (AvgIpc) is 2.94. The van der Waals surface area contributed by atoms with Crippen molar-refractivity contribution < 1.29 is 14.3 Å². The van der Waals surface area contributed by atoms with Gasteiger partial charge in [0.2, 0.25) is 6.10 Å². The maximum atomic E-state index is 12.6. The van der Waals surface area contributed by atoms with Crippen LogP contribution in [0.15, 0.2) is 48.5 Å². The van der Waals surface area contributed by atoms with Gasteiger partial charge < -0.3 is 4.74 Å². The van der Waals surface area contributed by atoms with E-state index in [0.29, 0.717) is 10.7 Å². The van der Waals surface area contributed by atoms with E-state index in [0.717, 1.165) is 15.8 Å². The molecule has 0 saturated carbocycles. The summed E-state index contributed by atoms with van der Waals surface area (Å²) in [5.74, 6) is -0.939. The van der Waals surface area contributed by atoms with Crippen molar-refractivity contribution in [3.8, 4) is 0 Å². The SMILES string of the molecule is CC(=O)OC(C(=O)Nc1nc2ccc(C)cc2s1)c1ccccc1. The second-order valence-electron chi connectivity index (χ2n) is 5.38. The summed E-state index contributed by atoms with van der Waals surface area (Å²) in [7, 11) is 0. The summed E-state index contributed by atoms with van der Waals surface area (Å²) >= 11 is 1.39. The highest BCUT2D eigenvalue weighted by Crippen LogP contribution is 2.28. The zero-order valence-electron chi connectivity index (χ0n) is 13.3. The molecule has 0 radical (unpaired) electrons. The zero-order chi connectivity index (χ0) is 17.1. The van der Waals surface area contributed by atoms with Crippen LogP contribution < -0.4 is 5.32 Å². The minimum Gasteiger partial charge on any atom is -0.447 e. The van der Waals surface area contributed by atoms with Gasteiger partial charge in [0.15, 0.2) is 5.13 Å². The van der Waals surface area contributed by atoms with Gasteiger partial charge in [-0.3, -0.25) is 14.9 Å². The molecule has 0 aliphatic heterocycles. The summed E-state index contributed by atoms with van der Waals surface area (Å²) in [4.78, 5) is 28.3. The van der Waals surface area contributed by atoms with Crippen molar-refractivity contribution >= 4 is 38.6 Å². The number of amides is 1. The van der Waals surface area contributed by atoms with Crippen LogP contribution in [-0.2, 0) is 14.3 Å². The Morgan fingerprint density at radius 1 is 1.17 bits per heavy atom. The molecule has 1 heterocycles. The van der Waals surface area contributed by atoms with Gasteiger partial charge in [-0.25, -0.2) is 4.98 Å². The van der Waals surface area contributed by atoms with Crippen LogP contribution in [0.1, 0.15) is 24.2 Å². The maximum Gasteiger partial charge on any atom is 0.303 e. The lowest BCUT2D eigenvalue weighted by Gasteiger charge is -2.16. The molecular weight excluding hydrogens is 324 g/mol. The number of ether oxygens (including phenoxy) is 1. The van der Waals surface area contributed by atoms with E-state index >= 15 is 0 Å². The van der Waals surface area contributed by atoms with Crippen molar-refractivity contribution in [3.63, 3.8) is 0 Å². The number of thiazole rings is 1. The molecule has 24 heavy (non-hydrogen) atoms. The molecule has 0 spiro atoms. The van der Waals surface area contributed by atoms with Gasteiger partial charge in [-0.05, 0) is 24.6 Å². The smallest absolute Gasteiger partial charge is 0.303 e. The lowest BCUT2D eigenvalue weighted by atomic mass is 10.1. The molecule has 3 rings (SSSR count). The Kier molecular flexibility index (Phi) is 4.57. The highest BCUT2D eigenvalue weighted by atomic mass is 32.1. The fraction of sp³-hybridized carbons (Fsp3) is 0.167. The number of anilines is 1. The van der Waals surface area contributed by atoms with Gasteiger partial charge in [-0.2, -0.15) is 0 Å². The van der Waals surface area contributed by atoms with E-state index in [1.54, 1.807) is 24.3 Å². The molecule has 6 heteroatoms. The molecule has 122 valence electrons. The third kappa shape index (κ3) is 3.60. The molecular formula is C18H16N2O3S. The number of benzene rings is 2. The second-order valence-corrected chi connectivity index (χ2v) is 6.41. The van der Waals surface area contributed by atoms with E-state index in [9.17, 15) is 9.59 Å². The maximum absolute atomic E-state index is 12.6. The third-order valence-electron chi connectivity index (χ3n) is 3.40. The molecule has 2 aromatic carbocycles. The molecule has 1 amide bonds. The van der Waals surface area contributed by atoms with Gasteiger partial charge in [0.05, 0.1) is 10.2 Å². The number of aryl methyl sites for hydroxylation is 1. The van der Waals surface area contributed by atoms with Gasteiger partial charge in [-0.1, -0.05) is 47.7 Å². The quantitative estimate of drug-likeness (QED) is 0.733. The number of carbonyl (C=O) groups is 2. The van der Waals surface area contributed by atoms with Gasteiger partial charge in [0, 0.05) is 12.5 Å².